The Balaban J connectivity index is 1.92. The van der Waals surface area contributed by atoms with Crippen LogP contribution in [-0.4, -0.2) is 21.9 Å². The average Bonchev–Trinajstić information content (AvgIpc) is 2.91. The standard InChI is InChI=1S/C16H10N2O5/c19-14-4-2-1-3-11(14)9-13-16(20)23-15(17-13)10-5-7-12(8-6-10)18(21)22/h1-9,19H. The number of hydrogen-bond acceptors (Lipinski definition) is 6. The molecule has 23 heavy (non-hydrogen) atoms. The van der Waals surface area contributed by atoms with Gasteiger partial charge in [-0.15, -0.1) is 0 Å². The van der Waals surface area contributed by atoms with Crippen LogP contribution in [-0.2, 0) is 9.53 Å². The van der Waals surface area contributed by atoms with Crippen molar-refractivity contribution in [2.45, 2.75) is 0 Å². The molecule has 0 bridgehead atoms. The Bertz CT molecular complexity index is 853. The minimum absolute atomic E-state index is 0.0202. The molecule has 1 aliphatic heterocycles. The van der Waals surface area contributed by atoms with Crippen molar-refractivity contribution >= 4 is 23.6 Å². The highest BCUT2D eigenvalue weighted by atomic mass is 16.6. The van der Waals surface area contributed by atoms with Crippen LogP contribution in [0, 0.1) is 10.1 Å². The molecule has 0 saturated heterocycles. The summed E-state index contributed by atoms with van der Waals surface area (Å²) in [6.45, 7) is 0. The molecular formula is C16H10N2O5. The lowest BCUT2D eigenvalue weighted by Crippen LogP contribution is -2.05. The van der Waals surface area contributed by atoms with E-state index >= 15 is 0 Å². The van der Waals surface area contributed by atoms with E-state index in [1.54, 1.807) is 18.2 Å². The molecule has 0 unspecified atom stereocenters. The third-order valence-electron chi connectivity index (χ3n) is 3.17. The number of phenols is 1. The van der Waals surface area contributed by atoms with Gasteiger partial charge in [0.05, 0.1) is 4.92 Å². The Kier molecular flexibility index (Phi) is 3.60. The predicted molar refractivity (Wildman–Crippen MR) is 81.8 cm³/mol. The van der Waals surface area contributed by atoms with E-state index in [1.165, 1.54) is 36.4 Å². The number of phenolic OH excluding ortho intramolecular Hbond substituents is 1. The number of non-ortho nitro benzene ring substituents is 1. The number of benzene rings is 2. The van der Waals surface area contributed by atoms with Crippen molar-refractivity contribution in [2.24, 2.45) is 4.99 Å². The minimum atomic E-state index is -0.651. The molecule has 114 valence electrons. The lowest BCUT2D eigenvalue weighted by Gasteiger charge is -1.98. The molecule has 7 nitrogen and oxygen atoms in total. The molecule has 1 aliphatic rings. The molecule has 1 N–H and O–H groups in total. The van der Waals surface area contributed by atoms with Gasteiger partial charge in [0.2, 0.25) is 5.90 Å². The number of hydrogen-bond donors (Lipinski definition) is 1. The number of nitrogens with zero attached hydrogens (tertiary/aromatic N) is 2. The molecule has 2 aromatic rings. The normalized spacial score (nSPS) is 15.4. The number of cyclic esters (lactones) is 1. The lowest BCUT2D eigenvalue weighted by molar-refractivity contribution is -0.384. The molecule has 3 rings (SSSR count). The minimum Gasteiger partial charge on any atom is -0.507 e. The van der Waals surface area contributed by atoms with Gasteiger partial charge in [0.1, 0.15) is 5.75 Å². The van der Waals surface area contributed by atoms with Crippen molar-refractivity contribution in [3.05, 3.63) is 75.5 Å². The summed E-state index contributed by atoms with van der Waals surface area (Å²) in [5, 5.41) is 20.3. The highest BCUT2D eigenvalue weighted by Gasteiger charge is 2.24. The SMILES string of the molecule is O=C1OC(c2ccc([N+](=O)[O-])cc2)=NC1=Cc1ccccc1O. The fourth-order valence-electron chi connectivity index (χ4n) is 2.02. The van der Waals surface area contributed by atoms with Gasteiger partial charge < -0.3 is 9.84 Å². The van der Waals surface area contributed by atoms with Crippen LogP contribution in [0.3, 0.4) is 0 Å². The van der Waals surface area contributed by atoms with Crippen molar-refractivity contribution in [2.75, 3.05) is 0 Å². The number of carbonyl (C=O) groups is 1. The maximum atomic E-state index is 11.9. The van der Waals surface area contributed by atoms with E-state index in [0.29, 0.717) is 11.1 Å². The van der Waals surface area contributed by atoms with Crippen LogP contribution >= 0.6 is 0 Å². The first-order chi connectivity index (χ1) is 11.0. The van der Waals surface area contributed by atoms with Crippen LogP contribution in [0.1, 0.15) is 11.1 Å². The van der Waals surface area contributed by atoms with Crippen LogP contribution in [0.2, 0.25) is 0 Å². The number of aromatic hydroxyl groups is 1. The molecule has 0 radical (unpaired) electrons. The lowest BCUT2D eigenvalue weighted by atomic mass is 10.1. The molecule has 0 amide bonds. The van der Waals surface area contributed by atoms with Crippen LogP contribution in [0.25, 0.3) is 6.08 Å². The van der Waals surface area contributed by atoms with Crippen LogP contribution in [0.15, 0.2) is 59.2 Å². The summed E-state index contributed by atoms with van der Waals surface area (Å²) < 4.78 is 5.06. The smallest absolute Gasteiger partial charge is 0.363 e. The van der Waals surface area contributed by atoms with Crippen molar-refractivity contribution < 1.29 is 19.6 Å². The van der Waals surface area contributed by atoms with Gasteiger partial charge >= 0.3 is 5.97 Å². The highest BCUT2D eigenvalue weighted by Crippen LogP contribution is 2.24. The maximum absolute atomic E-state index is 11.9. The summed E-state index contributed by atoms with van der Waals surface area (Å²) in [5.41, 5.74) is 0.862. The second-order valence-electron chi connectivity index (χ2n) is 4.70. The zero-order valence-corrected chi connectivity index (χ0v) is 11.7. The number of esters is 1. The number of para-hydroxylation sites is 1. The van der Waals surface area contributed by atoms with E-state index in [2.05, 4.69) is 4.99 Å². The van der Waals surface area contributed by atoms with E-state index in [0.717, 1.165) is 0 Å². The van der Waals surface area contributed by atoms with Gasteiger partial charge in [-0.05, 0) is 24.3 Å². The van der Waals surface area contributed by atoms with Crippen molar-refractivity contribution in [1.82, 2.24) is 0 Å². The predicted octanol–water partition coefficient (Wildman–Crippen LogP) is 2.64. The van der Waals surface area contributed by atoms with Gasteiger partial charge in [0, 0.05) is 23.3 Å². The zero-order chi connectivity index (χ0) is 16.4. The molecule has 0 spiro atoms. The van der Waals surface area contributed by atoms with Crippen LogP contribution < -0.4 is 0 Å². The zero-order valence-electron chi connectivity index (χ0n) is 11.7. The maximum Gasteiger partial charge on any atom is 0.363 e. The number of carbonyl (C=O) groups excluding carboxylic acids is 1. The number of nitro groups is 1. The third-order valence-corrected chi connectivity index (χ3v) is 3.17. The Labute approximate surface area is 130 Å². The van der Waals surface area contributed by atoms with Crippen LogP contribution in [0.4, 0.5) is 5.69 Å². The van der Waals surface area contributed by atoms with Crippen LogP contribution in [0.5, 0.6) is 5.75 Å². The summed E-state index contributed by atoms with van der Waals surface area (Å²) in [5.74, 6) is -0.569. The molecule has 0 atom stereocenters. The summed E-state index contributed by atoms with van der Waals surface area (Å²) in [6.07, 6.45) is 1.41. The Morgan fingerprint density at radius 1 is 1.13 bits per heavy atom. The van der Waals surface area contributed by atoms with E-state index in [-0.39, 0.29) is 23.0 Å². The van der Waals surface area contributed by atoms with Gasteiger partial charge in [0.15, 0.2) is 5.70 Å². The second-order valence-corrected chi connectivity index (χ2v) is 4.70. The summed E-state index contributed by atoms with van der Waals surface area (Å²) >= 11 is 0. The number of rotatable bonds is 3. The quantitative estimate of drug-likeness (QED) is 0.406. The molecule has 0 aromatic heterocycles. The van der Waals surface area contributed by atoms with Crippen molar-refractivity contribution in [1.29, 1.82) is 0 Å². The van der Waals surface area contributed by atoms with Gasteiger partial charge in [0.25, 0.3) is 5.69 Å². The average molecular weight is 310 g/mol. The Morgan fingerprint density at radius 3 is 2.48 bits per heavy atom. The first-order valence-electron chi connectivity index (χ1n) is 6.60. The first-order valence-corrected chi connectivity index (χ1v) is 6.60. The molecule has 1 heterocycles. The van der Waals surface area contributed by atoms with E-state index in [1.807, 2.05) is 0 Å². The Hall–Kier alpha value is -3.48. The first kappa shape index (κ1) is 14.5. The largest absolute Gasteiger partial charge is 0.507 e. The fourth-order valence-corrected chi connectivity index (χ4v) is 2.02. The van der Waals surface area contributed by atoms with Gasteiger partial charge in [-0.2, -0.15) is 0 Å². The number of aliphatic imine (C=N–C) groups is 1. The van der Waals surface area contributed by atoms with E-state index < -0.39 is 10.9 Å². The monoisotopic (exact) mass is 310 g/mol. The molecular weight excluding hydrogens is 300 g/mol. The topological polar surface area (TPSA) is 102 Å². The van der Waals surface area contributed by atoms with E-state index in [4.69, 9.17) is 4.74 Å². The summed E-state index contributed by atoms with van der Waals surface area (Å²) in [7, 11) is 0. The highest BCUT2D eigenvalue weighted by molar-refractivity contribution is 6.13. The van der Waals surface area contributed by atoms with Crippen molar-refractivity contribution in [3.8, 4) is 5.75 Å². The molecule has 2 aromatic carbocycles. The molecule has 7 heteroatoms. The molecule has 0 fully saturated rings. The van der Waals surface area contributed by atoms with Gasteiger partial charge in [-0.1, -0.05) is 18.2 Å². The molecule has 0 aliphatic carbocycles. The third kappa shape index (κ3) is 2.93. The summed E-state index contributed by atoms with van der Waals surface area (Å²) in [6, 6.07) is 12.0. The second kappa shape index (κ2) is 5.72. The summed E-state index contributed by atoms with van der Waals surface area (Å²) in [4.78, 5) is 26.0. The molecule has 0 saturated carbocycles. The van der Waals surface area contributed by atoms with Crippen molar-refractivity contribution in [3.63, 3.8) is 0 Å². The fraction of sp³-hybridized carbons (Fsp3) is 0. The number of nitro benzene ring substituents is 1. The Morgan fingerprint density at radius 2 is 1.83 bits per heavy atom. The van der Waals surface area contributed by atoms with E-state index in [9.17, 15) is 20.0 Å². The van der Waals surface area contributed by atoms with Gasteiger partial charge in [-0.3, -0.25) is 10.1 Å². The number of ether oxygens (including phenoxy) is 1. The van der Waals surface area contributed by atoms with Gasteiger partial charge in [-0.25, -0.2) is 9.79 Å².